The van der Waals surface area contributed by atoms with E-state index in [0.29, 0.717) is 0 Å². The standard InChI is InChI=1S/C34H26N2O/c1-34(2,3)19-20-13-14-35-28(15-20)21-11-12-29-25(16-21)23-8-6-9-24-26-18-32-27(17-30(26)36(29)33(23)24)22-7-4-5-10-31(22)37-32/h4-18H,19H2,1-3H3. The van der Waals surface area contributed by atoms with Crippen molar-refractivity contribution in [2.45, 2.75) is 27.2 Å². The van der Waals surface area contributed by atoms with Gasteiger partial charge in [-0.2, -0.15) is 0 Å². The Morgan fingerprint density at radius 2 is 1.46 bits per heavy atom. The third kappa shape index (κ3) is 2.97. The predicted molar refractivity (Wildman–Crippen MR) is 155 cm³/mol. The fourth-order valence-electron chi connectivity index (χ4n) is 6.21. The Kier molecular flexibility index (Phi) is 3.99. The fraction of sp³-hybridized carbons (Fsp3) is 0.147. The Labute approximate surface area is 214 Å². The first kappa shape index (κ1) is 20.8. The van der Waals surface area contributed by atoms with E-state index in [1.165, 1.54) is 43.7 Å². The van der Waals surface area contributed by atoms with Crippen LogP contribution in [0.2, 0.25) is 0 Å². The van der Waals surface area contributed by atoms with Crippen LogP contribution in [-0.4, -0.2) is 9.38 Å². The zero-order valence-corrected chi connectivity index (χ0v) is 21.2. The minimum atomic E-state index is 0.239. The molecule has 0 saturated heterocycles. The lowest BCUT2D eigenvalue weighted by molar-refractivity contribution is 0.411. The van der Waals surface area contributed by atoms with Gasteiger partial charge in [0.25, 0.3) is 0 Å². The summed E-state index contributed by atoms with van der Waals surface area (Å²) in [5.74, 6) is 0. The number of benzene rings is 4. The van der Waals surface area contributed by atoms with Gasteiger partial charge in [0.15, 0.2) is 0 Å². The van der Waals surface area contributed by atoms with E-state index >= 15 is 0 Å². The number of aromatic nitrogens is 2. The molecule has 0 aliphatic rings. The minimum absolute atomic E-state index is 0.239. The van der Waals surface area contributed by atoms with Crippen molar-refractivity contribution >= 4 is 60.0 Å². The molecule has 0 saturated carbocycles. The van der Waals surface area contributed by atoms with Crippen molar-refractivity contribution in [3.05, 3.63) is 96.7 Å². The quantitative estimate of drug-likeness (QED) is 0.248. The summed E-state index contributed by atoms with van der Waals surface area (Å²) in [5, 5.41) is 7.35. The maximum Gasteiger partial charge on any atom is 0.136 e. The molecule has 8 aromatic rings. The Morgan fingerprint density at radius 1 is 0.676 bits per heavy atom. The van der Waals surface area contributed by atoms with Crippen LogP contribution in [0, 0.1) is 5.41 Å². The molecule has 4 heterocycles. The summed E-state index contributed by atoms with van der Waals surface area (Å²) in [6.45, 7) is 6.84. The van der Waals surface area contributed by atoms with Gasteiger partial charge >= 0.3 is 0 Å². The van der Waals surface area contributed by atoms with Gasteiger partial charge < -0.3 is 8.82 Å². The van der Waals surface area contributed by atoms with Gasteiger partial charge in [-0.05, 0) is 59.9 Å². The van der Waals surface area contributed by atoms with Crippen LogP contribution >= 0.6 is 0 Å². The van der Waals surface area contributed by atoms with Gasteiger partial charge in [-0.3, -0.25) is 4.98 Å². The summed E-state index contributed by atoms with van der Waals surface area (Å²) in [5.41, 5.74) is 9.35. The summed E-state index contributed by atoms with van der Waals surface area (Å²) in [7, 11) is 0. The van der Waals surface area contributed by atoms with Crippen molar-refractivity contribution in [2.24, 2.45) is 5.41 Å². The van der Waals surface area contributed by atoms with E-state index in [9.17, 15) is 0 Å². The van der Waals surface area contributed by atoms with Crippen LogP contribution in [0.3, 0.4) is 0 Å². The van der Waals surface area contributed by atoms with Crippen LogP contribution in [0.4, 0.5) is 0 Å². The van der Waals surface area contributed by atoms with Crippen molar-refractivity contribution in [3.63, 3.8) is 0 Å². The molecule has 3 nitrogen and oxygen atoms in total. The second kappa shape index (κ2) is 7.10. The highest BCUT2D eigenvalue weighted by Crippen LogP contribution is 2.42. The maximum absolute atomic E-state index is 6.22. The van der Waals surface area contributed by atoms with Crippen LogP contribution < -0.4 is 0 Å². The van der Waals surface area contributed by atoms with Gasteiger partial charge in [0.05, 0.1) is 22.2 Å². The SMILES string of the molecule is CC(C)(C)Cc1ccnc(-c2ccc3c(c2)c2cccc4c5cc6oc7ccccc7c6cc5n3c24)c1. The number of rotatable bonds is 2. The number of hydrogen-bond acceptors (Lipinski definition) is 2. The van der Waals surface area contributed by atoms with Crippen molar-refractivity contribution in [1.82, 2.24) is 9.38 Å². The van der Waals surface area contributed by atoms with E-state index in [1.54, 1.807) is 0 Å². The van der Waals surface area contributed by atoms with Gasteiger partial charge in [-0.25, -0.2) is 0 Å². The molecule has 0 atom stereocenters. The zero-order chi connectivity index (χ0) is 24.9. The summed E-state index contributed by atoms with van der Waals surface area (Å²) in [6, 6.07) is 30.7. The molecule has 178 valence electrons. The molecule has 0 spiro atoms. The molecule has 4 aromatic carbocycles. The van der Waals surface area contributed by atoms with Gasteiger partial charge in [0, 0.05) is 44.1 Å². The lowest BCUT2D eigenvalue weighted by Crippen LogP contribution is -2.09. The molecule has 0 aliphatic carbocycles. The molecule has 0 aliphatic heterocycles. The highest BCUT2D eigenvalue weighted by molar-refractivity contribution is 6.25. The van der Waals surface area contributed by atoms with Crippen LogP contribution in [0.25, 0.3) is 71.3 Å². The Bertz CT molecular complexity index is 2150. The van der Waals surface area contributed by atoms with Gasteiger partial charge in [-0.1, -0.05) is 63.2 Å². The first-order valence-electron chi connectivity index (χ1n) is 12.9. The first-order chi connectivity index (χ1) is 17.9. The van der Waals surface area contributed by atoms with Crippen molar-refractivity contribution in [2.75, 3.05) is 0 Å². The van der Waals surface area contributed by atoms with Crippen molar-refractivity contribution in [3.8, 4) is 11.3 Å². The second-order valence-electron chi connectivity index (χ2n) is 11.5. The molecule has 0 N–H and O–H groups in total. The Balaban J connectivity index is 1.40. The summed E-state index contributed by atoms with van der Waals surface area (Å²) >= 11 is 0. The lowest BCUT2D eigenvalue weighted by Gasteiger charge is -2.18. The van der Waals surface area contributed by atoms with Crippen LogP contribution in [-0.2, 0) is 6.42 Å². The van der Waals surface area contributed by atoms with Crippen molar-refractivity contribution in [1.29, 1.82) is 0 Å². The first-order valence-corrected chi connectivity index (χ1v) is 12.9. The third-order valence-corrected chi connectivity index (χ3v) is 7.67. The van der Waals surface area contributed by atoms with Gasteiger partial charge in [0.1, 0.15) is 11.2 Å². The summed E-state index contributed by atoms with van der Waals surface area (Å²) in [4.78, 5) is 4.74. The number of furan rings is 1. The topological polar surface area (TPSA) is 30.4 Å². The Hall–Kier alpha value is -4.37. The predicted octanol–water partition coefficient (Wildman–Crippen LogP) is 9.39. The van der Waals surface area contributed by atoms with Crippen LogP contribution in [0.5, 0.6) is 0 Å². The van der Waals surface area contributed by atoms with Crippen molar-refractivity contribution < 1.29 is 4.42 Å². The number of pyridine rings is 1. The van der Waals surface area contributed by atoms with Crippen LogP contribution in [0.1, 0.15) is 26.3 Å². The Morgan fingerprint density at radius 3 is 2.30 bits per heavy atom. The van der Waals surface area contributed by atoms with E-state index in [-0.39, 0.29) is 5.41 Å². The highest BCUT2D eigenvalue weighted by Gasteiger charge is 2.20. The normalized spacial score (nSPS) is 12.8. The number of nitrogens with zero attached hydrogens (tertiary/aromatic N) is 2. The second-order valence-corrected chi connectivity index (χ2v) is 11.5. The third-order valence-electron chi connectivity index (χ3n) is 7.67. The molecule has 0 bridgehead atoms. The molecule has 4 aromatic heterocycles. The molecular weight excluding hydrogens is 452 g/mol. The van der Waals surface area contributed by atoms with E-state index in [2.05, 4.69) is 98.0 Å². The smallest absolute Gasteiger partial charge is 0.136 e. The number of fused-ring (bicyclic) bond motifs is 9. The zero-order valence-electron chi connectivity index (χ0n) is 21.2. The monoisotopic (exact) mass is 478 g/mol. The number of hydrogen-bond donors (Lipinski definition) is 0. The minimum Gasteiger partial charge on any atom is -0.456 e. The highest BCUT2D eigenvalue weighted by atomic mass is 16.3. The average molecular weight is 479 g/mol. The van der Waals surface area contributed by atoms with Gasteiger partial charge in [0.2, 0.25) is 0 Å². The van der Waals surface area contributed by atoms with Gasteiger partial charge in [-0.15, -0.1) is 0 Å². The van der Waals surface area contributed by atoms with E-state index in [1.807, 2.05) is 18.3 Å². The molecule has 0 fully saturated rings. The largest absolute Gasteiger partial charge is 0.456 e. The molecule has 37 heavy (non-hydrogen) atoms. The molecule has 0 unspecified atom stereocenters. The summed E-state index contributed by atoms with van der Waals surface area (Å²) < 4.78 is 8.66. The molecule has 0 amide bonds. The molecule has 8 rings (SSSR count). The fourth-order valence-corrected chi connectivity index (χ4v) is 6.21. The van der Waals surface area contributed by atoms with E-state index in [4.69, 9.17) is 9.40 Å². The summed E-state index contributed by atoms with van der Waals surface area (Å²) in [6.07, 6.45) is 2.98. The molecule has 0 radical (unpaired) electrons. The van der Waals surface area contributed by atoms with E-state index < -0.39 is 0 Å². The van der Waals surface area contributed by atoms with Crippen LogP contribution in [0.15, 0.2) is 95.5 Å². The molecule has 3 heteroatoms. The maximum atomic E-state index is 6.22. The van der Waals surface area contributed by atoms with E-state index in [0.717, 1.165) is 39.6 Å². The average Bonchev–Trinajstić information content (AvgIpc) is 3.52. The lowest BCUT2D eigenvalue weighted by atomic mass is 9.88. The molecular formula is C34H26N2O. The number of para-hydroxylation sites is 2.